The van der Waals surface area contributed by atoms with Gasteiger partial charge < -0.3 is 15.8 Å². The number of nitrogens with one attached hydrogen (secondary N) is 1. The minimum atomic E-state index is -4.17. The van der Waals surface area contributed by atoms with Gasteiger partial charge in [-0.3, -0.25) is 4.79 Å². The van der Waals surface area contributed by atoms with Crippen LogP contribution in [0.3, 0.4) is 0 Å². The lowest BCUT2D eigenvalue weighted by Gasteiger charge is -2.16. The molecule has 0 saturated heterocycles. The summed E-state index contributed by atoms with van der Waals surface area (Å²) in [7, 11) is 0. The number of alkyl halides is 4. The molecule has 0 bridgehead atoms. The second-order valence-electron chi connectivity index (χ2n) is 6.36. The number of benzene rings is 1. The summed E-state index contributed by atoms with van der Waals surface area (Å²) in [5.74, 6) is -4.17. The van der Waals surface area contributed by atoms with Gasteiger partial charge in [-0.25, -0.2) is 8.78 Å². The van der Waals surface area contributed by atoms with Gasteiger partial charge >= 0.3 is 12.3 Å². The van der Waals surface area contributed by atoms with Crippen LogP contribution in [0, 0.1) is 5.92 Å². The highest BCUT2D eigenvalue weighted by molar-refractivity contribution is 5.91. The number of amides is 1. The first-order valence-corrected chi connectivity index (χ1v) is 8.16. The number of halogens is 4. The molecule has 1 aromatic carbocycles. The molecule has 0 aliphatic heterocycles. The topological polar surface area (TPSA) is 64.4 Å². The van der Waals surface area contributed by atoms with Crippen LogP contribution in [0.15, 0.2) is 24.3 Å². The first kappa shape index (κ1) is 19.7. The van der Waals surface area contributed by atoms with Crippen LogP contribution in [0.2, 0.25) is 0 Å². The molecule has 3 N–H and O–H groups in total. The van der Waals surface area contributed by atoms with Gasteiger partial charge in [-0.05, 0) is 36.5 Å². The third-order valence-corrected chi connectivity index (χ3v) is 4.26. The molecule has 1 aliphatic carbocycles. The molecule has 2 rings (SSSR count). The molecule has 1 saturated carbocycles. The van der Waals surface area contributed by atoms with Crippen molar-refractivity contribution in [1.29, 1.82) is 0 Å². The predicted molar refractivity (Wildman–Crippen MR) is 85.6 cm³/mol. The van der Waals surface area contributed by atoms with Crippen molar-refractivity contribution in [2.24, 2.45) is 11.7 Å². The van der Waals surface area contributed by atoms with Crippen molar-refractivity contribution in [3.8, 4) is 0 Å². The van der Waals surface area contributed by atoms with E-state index >= 15 is 0 Å². The van der Waals surface area contributed by atoms with E-state index in [9.17, 15) is 22.4 Å². The van der Waals surface area contributed by atoms with Gasteiger partial charge in [0.25, 0.3) is 0 Å². The Labute approximate surface area is 143 Å². The Morgan fingerprint density at radius 3 is 2.76 bits per heavy atom. The maximum atomic E-state index is 12.8. The molecule has 8 heteroatoms. The second-order valence-corrected chi connectivity index (χ2v) is 6.36. The second kappa shape index (κ2) is 8.62. The molecular formula is C17H22F4N2O2. The first-order valence-electron chi connectivity index (χ1n) is 8.16. The quantitative estimate of drug-likeness (QED) is 0.695. The highest BCUT2D eigenvalue weighted by Gasteiger charge is 2.40. The van der Waals surface area contributed by atoms with Crippen molar-refractivity contribution in [3.63, 3.8) is 0 Å². The monoisotopic (exact) mass is 362 g/mol. The van der Waals surface area contributed by atoms with Gasteiger partial charge in [-0.15, -0.1) is 0 Å². The third kappa shape index (κ3) is 5.97. The standard InChI is InChI=1S/C17H22F4N2O2/c18-16(19)17(20,21)10-25-9-11-3-1-5-13(7-11)23-15(24)8-12-4-2-6-14(12)22/h1,3,5,7,12,14,16H,2,4,6,8-10,22H2,(H,23,24)/t12-,14+/m0/s1. The predicted octanol–water partition coefficient (Wildman–Crippen LogP) is 3.56. The van der Waals surface area contributed by atoms with E-state index < -0.39 is 19.0 Å². The molecule has 0 aromatic heterocycles. The highest BCUT2D eigenvalue weighted by Crippen LogP contribution is 2.27. The Kier molecular flexibility index (Phi) is 6.78. The Bertz CT molecular complexity index is 584. The van der Waals surface area contributed by atoms with Crippen molar-refractivity contribution in [1.82, 2.24) is 0 Å². The van der Waals surface area contributed by atoms with Gasteiger partial charge in [0.05, 0.1) is 6.61 Å². The van der Waals surface area contributed by atoms with Crippen LogP contribution in [0.1, 0.15) is 31.2 Å². The Morgan fingerprint density at radius 2 is 2.12 bits per heavy atom. The van der Waals surface area contributed by atoms with E-state index in [1.807, 2.05) is 0 Å². The van der Waals surface area contributed by atoms with E-state index in [2.05, 4.69) is 10.1 Å². The fourth-order valence-electron chi connectivity index (χ4n) is 2.88. The first-order chi connectivity index (χ1) is 11.8. The van der Waals surface area contributed by atoms with Gasteiger partial charge in [0.1, 0.15) is 6.61 Å². The van der Waals surface area contributed by atoms with Crippen LogP contribution < -0.4 is 11.1 Å². The number of nitrogens with two attached hydrogens (primary N) is 1. The van der Waals surface area contributed by atoms with Gasteiger partial charge in [0.15, 0.2) is 0 Å². The third-order valence-electron chi connectivity index (χ3n) is 4.26. The zero-order chi connectivity index (χ0) is 18.4. The zero-order valence-corrected chi connectivity index (χ0v) is 13.7. The summed E-state index contributed by atoms with van der Waals surface area (Å²) in [6.07, 6.45) is -0.549. The average molecular weight is 362 g/mol. The van der Waals surface area contributed by atoms with Gasteiger partial charge in [0, 0.05) is 18.2 Å². The molecule has 0 radical (unpaired) electrons. The molecule has 1 aromatic rings. The van der Waals surface area contributed by atoms with Crippen LogP contribution in [-0.2, 0) is 16.1 Å². The Hall–Kier alpha value is -1.67. The molecule has 140 valence electrons. The van der Waals surface area contributed by atoms with Gasteiger partial charge in [-0.1, -0.05) is 18.6 Å². The minimum Gasteiger partial charge on any atom is -0.370 e. The molecule has 1 fully saturated rings. The number of rotatable bonds is 8. The molecule has 0 unspecified atom stereocenters. The number of ether oxygens (including phenoxy) is 1. The number of carbonyl (C=O) groups is 1. The fraction of sp³-hybridized carbons (Fsp3) is 0.588. The maximum absolute atomic E-state index is 12.8. The van der Waals surface area contributed by atoms with Crippen LogP contribution in [0.25, 0.3) is 0 Å². The molecule has 0 heterocycles. The molecule has 25 heavy (non-hydrogen) atoms. The normalized spacial score (nSPS) is 20.9. The van der Waals surface area contributed by atoms with Crippen LogP contribution in [0.4, 0.5) is 23.2 Å². The number of hydrogen-bond donors (Lipinski definition) is 2. The average Bonchev–Trinajstić information content (AvgIpc) is 2.92. The summed E-state index contributed by atoms with van der Waals surface area (Å²) in [5, 5.41) is 2.74. The van der Waals surface area contributed by atoms with Crippen molar-refractivity contribution in [2.45, 2.75) is 50.7 Å². The van der Waals surface area contributed by atoms with Gasteiger partial charge in [0.2, 0.25) is 5.91 Å². The lowest BCUT2D eigenvalue weighted by Crippen LogP contribution is -2.32. The van der Waals surface area contributed by atoms with Crippen LogP contribution >= 0.6 is 0 Å². The number of anilines is 1. The Balaban J connectivity index is 1.83. The summed E-state index contributed by atoms with van der Waals surface area (Å²) >= 11 is 0. The molecule has 2 atom stereocenters. The largest absolute Gasteiger partial charge is 0.370 e. The fourth-order valence-corrected chi connectivity index (χ4v) is 2.88. The molecule has 0 spiro atoms. The summed E-state index contributed by atoms with van der Waals surface area (Å²) in [4.78, 5) is 12.1. The van der Waals surface area contributed by atoms with E-state index in [-0.39, 0.29) is 24.5 Å². The van der Waals surface area contributed by atoms with Crippen molar-refractivity contribution in [2.75, 3.05) is 11.9 Å². The number of hydrogen-bond acceptors (Lipinski definition) is 3. The van der Waals surface area contributed by atoms with Crippen LogP contribution in [-0.4, -0.2) is 30.9 Å². The number of carbonyl (C=O) groups excluding carboxylic acids is 1. The lowest BCUT2D eigenvalue weighted by molar-refractivity contribution is -0.168. The lowest BCUT2D eigenvalue weighted by atomic mass is 10.00. The zero-order valence-electron chi connectivity index (χ0n) is 13.7. The van der Waals surface area contributed by atoms with E-state index in [0.717, 1.165) is 19.3 Å². The van der Waals surface area contributed by atoms with Crippen molar-refractivity contribution in [3.05, 3.63) is 29.8 Å². The molecular weight excluding hydrogens is 340 g/mol. The van der Waals surface area contributed by atoms with E-state index in [0.29, 0.717) is 17.7 Å². The molecule has 1 aliphatic rings. The van der Waals surface area contributed by atoms with E-state index in [1.54, 1.807) is 24.3 Å². The SMILES string of the molecule is N[C@@H]1CCC[C@H]1CC(=O)Nc1cccc(COCC(F)(F)C(F)F)c1. The van der Waals surface area contributed by atoms with Crippen LogP contribution in [0.5, 0.6) is 0 Å². The molecule has 1 amide bonds. The Morgan fingerprint density at radius 1 is 1.36 bits per heavy atom. The van der Waals surface area contributed by atoms with E-state index in [1.165, 1.54) is 0 Å². The summed E-state index contributed by atoms with van der Waals surface area (Å²) in [6, 6.07) is 6.49. The summed E-state index contributed by atoms with van der Waals surface area (Å²) in [6.45, 7) is -1.61. The van der Waals surface area contributed by atoms with Gasteiger partial charge in [-0.2, -0.15) is 8.78 Å². The maximum Gasteiger partial charge on any atom is 0.330 e. The minimum absolute atomic E-state index is 0.0435. The van der Waals surface area contributed by atoms with Crippen molar-refractivity contribution < 1.29 is 27.1 Å². The van der Waals surface area contributed by atoms with Crippen molar-refractivity contribution >= 4 is 11.6 Å². The summed E-state index contributed by atoms with van der Waals surface area (Å²) < 4.78 is 54.3. The molecule has 4 nitrogen and oxygen atoms in total. The smallest absolute Gasteiger partial charge is 0.330 e. The highest BCUT2D eigenvalue weighted by atomic mass is 19.3. The van der Waals surface area contributed by atoms with E-state index in [4.69, 9.17) is 5.73 Å². The summed E-state index contributed by atoms with van der Waals surface area (Å²) in [5.41, 5.74) is 6.94.